The van der Waals surface area contributed by atoms with Gasteiger partial charge < -0.3 is 30.6 Å². The van der Waals surface area contributed by atoms with Crippen LogP contribution in [0.25, 0.3) is 0 Å². The van der Waals surface area contributed by atoms with E-state index in [1.165, 1.54) is 18.2 Å². The minimum Gasteiger partial charge on any atom is -0.870 e. The summed E-state index contributed by atoms with van der Waals surface area (Å²) in [7, 11) is 5.51. The van der Waals surface area contributed by atoms with Crippen LogP contribution in [-0.2, 0) is 37.0 Å². The van der Waals surface area contributed by atoms with E-state index in [-0.39, 0.29) is 59.7 Å². The molecule has 0 radical (unpaired) electrons. The zero-order valence-corrected chi connectivity index (χ0v) is 40.7. The number of carbonyl (C=O) groups excluding carboxylic acids is 3. The Morgan fingerprint density at radius 1 is 0.529 bits per heavy atom. The molecule has 2 fully saturated rings. The van der Waals surface area contributed by atoms with Gasteiger partial charge in [-0.1, -0.05) is 182 Å². The van der Waals surface area contributed by atoms with Crippen molar-refractivity contribution in [2.75, 3.05) is 34.3 Å². The second kappa shape index (κ2) is 27.7. The summed E-state index contributed by atoms with van der Waals surface area (Å²) in [6.45, 7) is 2.49. The molecule has 2 amide bonds. The molecule has 0 saturated carbocycles. The average Bonchev–Trinajstić information content (AvgIpc) is 3.38. The number of nitrogens with zero attached hydrogens (tertiary/aromatic N) is 4. The Balaban J connectivity index is 0.000000292. The van der Waals surface area contributed by atoms with Crippen LogP contribution in [0.3, 0.4) is 0 Å². The van der Waals surface area contributed by atoms with Crippen molar-refractivity contribution in [1.29, 1.82) is 0 Å². The third kappa shape index (κ3) is 14.4. The quantitative estimate of drug-likeness (QED) is 0.118. The normalized spacial score (nSPS) is 17.5. The van der Waals surface area contributed by atoms with Crippen LogP contribution in [0, 0.1) is 0 Å². The predicted octanol–water partition coefficient (Wildman–Crippen LogP) is 4.88. The molecule has 8 rings (SSSR count). The molecule has 6 aromatic carbocycles. The van der Waals surface area contributed by atoms with Gasteiger partial charge in [0.05, 0.1) is 18.9 Å². The van der Waals surface area contributed by atoms with Crippen LogP contribution >= 0.6 is 0 Å². The number of rotatable bonds is 14. The van der Waals surface area contributed by atoms with Crippen LogP contribution in [0.1, 0.15) is 70.9 Å². The summed E-state index contributed by atoms with van der Waals surface area (Å²) in [5.41, 5.74) is 6.02. The topological polar surface area (TPSA) is 172 Å². The Kier molecular flexibility index (Phi) is 22.3. The number of esters is 1. The first-order chi connectivity index (χ1) is 32.6. The molecule has 4 atom stereocenters. The second-order valence-electron chi connectivity index (χ2n) is 17.6. The van der Waals surface area contributed by atoms with Gasteiger partial charge in [-0.05, 0) is 73.2 Å². The monoisotopic (exact) mass is 940 g/mol. The summed E-state index contributed by atoms with van der Waals surface area (Å²) in [5, 5.41) is 10.1. The molecular formula is C57H65LiN4O8. The molecule has 12 nitrogen and oxygen atoms in total. The summed E-state index contributed by atoms with van der Waals surface area (Å²) >= 11 is 0. The van der Waals surface area contributed by atoms with Gasteiger partial charge >= 0.3 is 30.8 Å². The molecule has 0 bridgehead atoms. The van der Waals surface area contributed by atoms with E-state index in [2.05, 4.69) is 41.1 Å². The summed E-state index contributed by atoms with van der Waals surface area (Å²) in [5.74, 6) is -2.49. The SMILES string of the molecule is CN(Cc1ccccc1)[C@@H]1CCN(C(=O)C(c2ccccc2)c2ccccc2)[C@H](C(=O)O)C1.COC(=O)[C@@H]1C[C@H](N(C)Cc2ccccc2)CCN1C(=O)C(c1ccccc1)c1ccccc1.O.[Li+].[OH-]. The Morgan fingerprint density at radius 2 is 0.814 bits per heavy atom. The van der Waals surface area contributed by atoms with Gasteiger partial charge in [-0.15, -0.1) is 0 Å². The number of carboxylic acid groups (broad SMARTS) is 1. The number of piperidine rings is 2. The second-order valence-corrected chi connectivity index (χ2v) is 17.6. The van der Waals surface area contributed by atoms with Crippen molar-refractivity contribution in [2.45, 2.75) is 74.8 Å². The summed E-state index contributed by atoms with van der Waals surface area (Å²) in [6.07, 6.45) is 2.52. The number of hydrogen-bond donors (Lipinski definition) is 1. The zero-order chi connectivity index (χ0) is 47.1. The first-order valence-corrected chi connectivity index (χ1v) is 23.2. The van der Waals surface area contributed by atoms with Crippen LogP contribution in [-0.4, -0.2) is 118 Å². The molecule has 0 spiro atoms. The van der Waals surface area contributed by atoms with Gasteiger partial charge in [0.1, 0.15) is 12.1 Å². The molecule has 4 N–H and O–H groups in total. The molecule has 362 valence electrons. The number of hydrogen-bond acceptors (Lipinski definition) is 8. The average molecular weight is 941 g/mol. The summed E-state index contributed by atoms with van der Waals surface area (Å²) in [6, 6.07) is 58.1. The van der Waals surface area contributed by atoms with E-state index >= 15 is 0 Å². The van der Waals surface area contributed by atoms with Gasteiger partial charge in [0.2, 0.25) is 11.8 Å². The van der Waals surface area contributed by atoms with Gasteiger partial charge in [0, 0.05) is 38.3 Å². The fourth-order valence-electron chi connectivity index (χ4n) is 9.69. The summed E-state index contributed by atoms with van der Waals surface area (Å²) in [4.78, 5) is 60.8. The summed E-state index contributed by atoms with van der Waals surface area (Å²) < 4.78 is 5.16. The fourth-order valence-corrected chi connectivity index (χ4v) is 9.69. The van der Waals surface area contributed by atoms with Gasteiger partial charge in [-0.25, -0.2) is 9.59 Å². The van der Waals surface area contributed by atoms with Gasteiger partial charge in [0.15, 0.2) is 0 Å². The van der Waals surface area contributed by atoms with Crippen LogP contribution in [0.4, 0.5) is 0 Å². The minimum absolute atomic E-state index is 0. The number of aliphatic carboxylic acids is 1. The van der Waals surface area contributed by atoms with E-state index in [4.69, 9.17) is 4.74 Å². The molecule has 2 saturated heterocycles. The fraction of sp³-hybridized carbons (Fsp3) is 0.298. The number of likely N-dealkylation sites (tertiary alicyclic amines) is 2. The van der Waals surface area contributed by atoms with Gasteiger partial charge in [-0.3, -0.25) is 19.4 Å². The van der Waals surface area contributed by atoms with E-state index in [1.807, 2.05) is 165 Å². The number of benzene rings is 6. The zero-order valence-electron chi connectivity index (χ0n) is 40.7. The van der Waals surface area contributed by atoms with Crippen molar-refractivity contribution in [3.63, 3.8) is 0 Å². The van der Waals surface area contributed by atoms with E-state index in [0.717, 1.165) is 48.2 Å². The van der Waals surface area contributed by atoms with Crippen molar-refractivity contribution in [3.8, 4) is 0 Å². The van der Waals surface area contributed by atoms with Crippen LogP contribution in [0.5, 0.6) is 0 Å². The molecule has 0 unspecified atom stereocenters. The molecule has 13 heteroatoms. The first-order valence-electron chi connectivity index (χ1n) is 23.2. The molecule has 2 aliphatic rings. The number of methoxy groups -OCH3 is 1. The Morgan fingerprint density at radius 3 is 1.11 bits per heavy atom. The molecule has 2 aliphatic heterocycles. The van der Waals surface area contributed by atoms with Crippen LogP contribution in [0.15, 0.2) is 182 Å². The standard InChI is InChI=1S/C29H32N2O3.C28H30N2O3.Li.2H2O/c1-30(21-22-12-6-3-7-13-22)25-18-19-31(26(20-25)29(33)34-2)28(32)27(23-14-8-4-9-15-23)24-16-10-5-11-17-24;1-29(20-21-11-5-2-6-12-21)24-17-18-30(25(19-24)28(32)33)27(31)26(22-13-7-3-8-14-22)23-15-9-4-10-16-23;;;/h3-17,25-27H,18-21H2,1-2H3;2-16,24-26H,17-20H2,1H3,(H,32,33);;2*1H2/q;;+1;;/p-1/t25-,26+;24-,25+;;;/m11.../s1. The van der Waals surface area contributed by atoms with Crippen molar-refractivity contribution in [1.82, 2.24) is 19.6 Å². The first kappa shape index (κ1) is 56.2. The van der Waals surface area contributed by atoms with E-state index in [9.17, 15) is 24.3 Å². The van der Waals surface area contributed by atoms with Crippen molar-refractivity contribution in [3.05, 3.63) is 215 Å². The van der Waals surface area contributed by atoms with Crippen molar-refractivity contribution in [2.24, 2.45) is 0 Å². The smallest absolute Gasteiger partial charge is 0.870 e. The van der Waals surface area contributed by atoms with Crippen molar-refractivity contribution >= 4 is 23.8 Å². The third-order valence-electron chi connectivity index (χ3n) is 13.3. The maximum atomic E-state index is 14.0. The number of carbonyl (C=O) groups is 4. The maximum absolute atomic E-state index is 14.0. The predicted molar refractivity (Wildman–Crippen MR) is 268 cm³/mol. The molecule has 70 heavy (non-hydrogen) atoms. The third-order valence-corrected chi connectivity index (χ3v) is 13.3. The van der Waals surface area contributed by atoms with Gasteiger partial charge in [-0.2, -0.15) is 0 Å². The van der Waals surface area contributed by atoms with E-state index in [0.29, 0.717) is 25.9 Å². The molecule has 0 aromatic heterocycles. The minimum atomic E-state index is -0.943. The molecular weight excluding hydrogens is 876 g/mol. The Labute approximate surface area is 424 Å². The van der Waals surface area contributed by atoms with Gasteiger partial charge in [0.25, 0.3) is 0 Å². The molecule has 6 aromatic rings. The van der Waals surface area contributed by atoms with E-state index in [1.54, 1.807) is 9.80 Å². The number of carboxylic acids is 1. The number of amides is 2. The van der Waals surface area contributed by atoms with Crippen molar-refractivity contribution < 1.29 is 58.8 Å². The van der Waals surface area contributed by atoms with Crippen LogP contribution in [0.2, 0.25) is 0 Å². The molecule has 0 aliphatic carbocycles. The Hall–Kier alpha value is -6.36. The van der Waals surface area contributed by atoms with E-state index < -0.39 is 29.9 Å². The largest absolute Gasteiger partial charge is 1.00 e. The van der Waals surface area contributed by atoms with Crippen LogP contribution < -0.4 is 18.9 Å². The number of ether oxygens (including phenoxy) is 1. The Bertz CT molecular complexity index is 2410. The molecule has 2 heterocycles. The maximum Gasteiger partial charge on any atom is 1.00 e.